The number of hydrogen-bond acceptors (Lipinski definition) is 7. The Kier molecular flexibility index (Phi) is 5.60. The number of hydrogen-bond donors (Lipinski definition) is 0. The first kappa shape index (κ1) is 20.9. The second kappa shape index (κ2) is 8.85. The van der Waals surface area contributed by atoms with Crippen molar-refractivity contribution in [3.05, 3.63) is 66.5 Å². The number of anilines is 1. The fraction of sp³-hybridized carbons (Fsp3) is 0.292. The van der Waals surface area contributed by atoms with E-state index in [1.807, 2.05) is 73.3 Å². The lowest BCUT2D eigenvalue weighted by atomic mass is 10.1. The van der Waals surface area contributed by atoms with Crippen LogP contribution in [0.25, 0.3) is 16.9 Å². The minimum atomic E-state index is 0.0219. The zero-order chi connectivity index (χ0) is 22.8. The molecule has 9 nitrogen and oxygen atoms in total. The highest BCUT2D eigenvalue weighted by molar-refractivity contribution is 5.94. The number of para-hydroxylation sites is 1. The second-order valence-corrected chi connectivity index (χ2v) is 8.18. The summed E-state index contributed by atoms with van der Waals surface area (Å²) >= 11 is 0. The number of nitrogens with zero attached hydrogens (tertiary/aromatic N) is 7. The van der Waals surface area contributed by atoms with Gasteiger partial charge in [-0.2, -0.15) is 4.68 Å². The molecule has 2 aromatic heterocycles. The molecule has 0 N–H and O–H groups in total. The third-order valence-electron chi connectivity index (χ3n) is 5.56. The molecule has 0 saturated carbocycles. The maximum absolute atomic E-state index is 13.0. The predicted molar refractivity (Wildman–Crippen MR) is 125 cm³/mol. The van der Waals surface area contributed by atoms with Crippen molar-refractivity contribution >= 4 is 22.9 Å². The van der Waals surface area contributed by atoms with Crippen molar-refractivity contribution in [2.45, 2.75) is 20.0 Å². The van der Waals surface area contributed by atoms with Gasteiger partial charge in [0.1, 0.15) is 12.1 Å². The van der Waals surface area contributed by atoms with Crippen LogP contribution in [0, 0.1) is 0 Å². The topological polar surface area (TPSA) is 89.3 Å². The third kappa shape index (κ3) is 4.21. The summed E-state index contributed by atoms with van der Waals surface area (Å²) in [5, 5.41) is 8.65. The summed E-state index contributed by atoms with van der Waals surface area (Å²) in [6, 6.07) is 17.1. The summed E-state index contributed by atoms with van der Waals surface area (Å²) in [6.45, 7) is 6.47. The average molecular weight is 444 g/mol. The first-order chi connectivity index (χ1) is 16.1. The normalized spacial score (nSPS) is 14.2. The fourth-order valence-electron chi connectivity index (χ4n) is 3.96. The third-order valence-corrected chi connectivity index (χ3v) is 5.56. The summed E-state index contributed by atoms with van der Waals surface area (Å²) in [6.07, 6.45) is 1.64. The molecule has 0 radical (unpaired) electrons. The Morgan fingerprint density at radius 2 is 1.67 bits per heavy atom. The van der Waals surface area contributed by atoms with Gasteiger partial charge >= 0.3 is 0 Å². The number of fused-ring (bicyclic) bond motifs is 1. The van der Waals surface area contributed by atoms with Gasteiger partial charge in [-0.3, -0.25) is 4.79 Å². The van der Waals surface area contributed by atoms with Crippen molar-refractivity contribution in [1.82, 2.24) is 29.9 Å². The van der Waals surface area contributed by atoms with Crippen LogP contribution < -0.4 is 9.64 Å². The lowest BCUT2D eigenvalue weighted by molar-refractivity contribution is 0.0746. The number of carbonyl (C=O) groups excluding carboxylic acids is 1. The van der Waals surface area contributed by atoms with E-state index >= 15 is 0 Å². The molecule has 0 atom stereocenters. The van der Waals surface area contributed by atoms with E-state index < -0.39 is 0 Å². The molecule has 33 heavy (non-hydrogen) atoms. The van der Waals surface area contributed by atoms with E-state index in [9.17, 15) is 4.79 Å². The van der Waals surface area contributed by atoms with Gasteiger partial charge in [0.25, 0.3) is 5.91 Å². The van der Waals surface area contributed by atoms with E-state index in [0.29, 0.717) is 42.9 Å². The molecule has 1 saturated heterocycles. The molecule has 168 valence electrons. The number of piperazine rings is 1. The van der Waals surface area contributed by atoms with Crippen molar-refractivity contribution < 1.29 is 9.53 Å². The first-order valence-electron chi connectivity index (χ1n) is 11.0. The Balaban J connectivity index is 1.29. The molecular formula is C24H25N7O2. The van der Waals surface area contributed by atoms with Crippen LogP contribution in [0.5, 0.6) is 5.75 Å². The van der Waals surface area contributed by atoms with Gasteiger partial charge in [0.2, 0.25) is 0 Å². The molecule has 3 heterocycles. The minimum absolute atomic E-state index is 0.0219. The summed E-state index contributed by atoms with van der Waals surface area (Å²) in [4.78, 5) is 25.9. The van der Waals surface area contributed by atoms with Crippen molar-refractivity contribution in [3.63, 3.8) is 0 Å². The molecule has 0 aliphatic carbocycles. The smallest absolute Gasteiger partial charge is 0.253 e. The Hall–Kier alpha value is -4.01. The van der Waals surface area contributed by atoms with Gasteiger partial charge < -0.3 is 14.5 Å². The Labute approximate surface area is 191 Å². The van der Waals surface area contributed by atoms with Crippen LogP contribution in [0.3, 0.4) is 0 Å². The SMILES string of the molecule is CC(C)Oc1ccc(C(=O)N2CCN(c3ncnc4c3nnn4-c3ccccc3)CC2)cc1. The van der Waals surface area contributed by atoms with E-state index in [1.165, 1.54) is 0 Å². The highest BCUT2D eigenvalue weighted by atomic mass is 16.5. The summed E-state index contributed by atoms with van der Waals surface area (Å²) in [5.74, 6) is 1.53. The Morgan fingerprint density at radius 3 is 2.36 bits per heavy atom. The number of rotatable bonds is 5. The largest absolute Gasteiger partial charge is 0.491 e. The summed E-state index contributed by atoms with van der Waals surface area (Å²) in [5.41, 5.74) is 2.87. The van der Waals surface area contributed by atoms with Gasteiger partial charge in [0.15, 0.2) is 17.0 Å². The molecule has 1 amide bonds. The van der Waals surface area contributed by atoms with Crippen LogP contribution in [-0.4, -0.2) is 68.1 Å². The number of amides is 1. The van der Waals surface area contributed by atoms with Crippen LogP contribution in [0.1, 0.15) is 24.2 Å². The molecule has 4 aromatic rings. The van der Waals surface area contributed by atoms with Crippen LogP contribution in [0.4, 0.5) is 5.82 Å². The highest BCUT2D eigenvalue weighted by Crippen LogP contribution is 2.24. The van der Waals surface area contributed by atoms with Crippen molar-refractivity contribution in [3.8, 4) is 11.4 Å². The molecule has 2 aromatic carbocycles. The molecule has 0 bridgehead atoms. The first-order valence-corrected chi connectivity index (χ1v) is 11.0. The van der Waals surface area contributed by atoms with Crippen LogP contribution >= 0.6 is 0 Å². The fourth-order valence-corrected chi connectivity index (χ4v) is 3.96. The van der Waals surface area contributed by atoms with E-state index in [4.69, 9.17) is 4.74 Å². The lowest BCUT2D eigenvalue weighted by Crippen LogP contribution is -2.49. The highest BCUT2D eigenvalue weighted by Gasteiger charge is 2.25. The molecule has 1 aliphatic rings. The Morgan fingerprint density at radius 1 is 0.939 bits per heavy atom. The maximum atomic E-state index is 13.0. The minimum Gasteiger partial charge on any atom is -0.491 e. The quantitative estimate of drug-likeness (QED) is 0.468. The van der Waals surface area contributed by atoms with Gasteiger partial charge in [0, 0.05) is 31.7 Å². The summed E-state index contributed by atoms with van der Waals surface area (Å²) < 4.78 is 7.38. The Bertz CT molecular complexity index is 1250. The number of carbonyl (C=O) groups is 1. The van der Waals surface area contributed by atoms with Gasteiger partial charge in [-0.1, -0.05) is 23.4 Å². The lowest BCUT2D eigenvalue weighted by Gasteiger charge is -2.35. The van der Waals surface area contributed by atoms with Crippen molar-refractivity contribution in [2.75, 3.05) is 31.1 Å². The van der Waals surface area contributed by atoms with E-state index in [1.54, 1.807) is 11.0 Å². The maximum Gasteiger partial charge on any atom is 0.253 e. The zero-order valence-corrected chi connectivity index (χ0v) is 18.6. The molecule has 0 spiro atoms. The van der Waals surface area contributed by atoms with E-state index in [2.05, 4.69) is 25.2 Å². The summed E-state index contributed by atoms with van der Waals surface area (Å²) in [7, 11) is 0. The van der Waals surface area contributed by atoms with Gasteiger partial charge in [-0.25, -0.2) is 9.97 Å². The monoisotopic (exact) mass is 443 g/mol. The second-order valence-electron chi connectivity index (χ2n) is 8.18. The standard InChI is InChI=1S/C24H25N7O2/c1-17(2)33-20-10-8-18(9-11-20)24(32)30-14-12-29(13-15-30)22-21-23(26-16-25-22)31(28-27-21)19-6-4-3-5-7-19/h3-11,16-17H,12-15H2,1-2H3. The van der Waals surface area contributed by atoms with Crippen LogP contribution in [0.15, 0.2) is 60.9 Å². The van der Waals surface area contributed by atoms with Crippen molar-refractivity contribution in [2.24, 2.45) is 0 Å². The molecule has 5 rings (SSSR count). The molecule has 1 fully saturated rings. The van der Waals surface area contributed by atoms with Gasteiger partial charge in [-0.05, 0) is 50.2 Å². The number of ether oxygens (including phenoxy) is 1. The number of aromatic nitrogens is 5. The number of benzene rings is 2. The predicted octanol–water partition coefficient (Wildman–Crippen LogP) is 2.96. The molecule has 0 unspecified atom stereocenters. The average Bonchev–Trinajstić information content (AvgIpc) is 3.29. The van der Waals surface area contributed by atoms with Crippen molar-refractivity contribution in [1.29, 1.82) is 0 Å². The molecule has 1 aliphatic heterocycles. The molecular weight excluding hydrogens is 418 g/mol. The van der Waals surface area contributed by atoms with Gasteiger partial charge in [0.05, 0.1) is 11.8 Å². The zero-order valence-electron chi connectivity index (χ0n) is 18.6. The van der Waals surface area contributed by atoms with Gasteiger partial charge in [-0.15, -0.1) is 5.10 Å². The van der Waals surface area contributed by atoms with Crippen LogP contribution in [-0.2, 0) is 0 Å². The van der Waals surface area contributed by atoms with Crippen LogP contribution in [0.2, 0.25) is 0 Å². The van der Waals surface area contributed by atoms with E-state index in [-0.39, 0.29) is 12.0 Å². The molecule has 9 heteroatoms. The van der Waals surface area contributed by atoms with E-state index in [0.717, 1.165) is 17.3 Å².